The lowest BCUT2D eigenvalue weighted by molar-refractivity contribution is -0.117. The van der Waals surface area contributed by atoms with Crippen molar-refractivity contribution in [2.45, 2.75) is 32.0 Å². The number of halogens is 2. The molecule has 0 aromatic carbocycles. The van der Waals surface area contributed by atoms with E-state index in [9.17, 15) is 19.0 Å². The molecule has 0 bridgehead atoms. The van der Waals surface area contributed by atoms with Crippen molar-refractivity contribution in [1.29, 1.82) is 0 Å². The number of alkyl halides is 2. The molecular formula is C10H20F2N2O2. The van der Waals surface area contributed by atoms with Crippen molar-refractivity contribution < 1.29 is 19.0 Å². The third kappa shape index (κ3) is 3.62. The van der Waals surface area contributed by atoms with E-state index in [0.717, 1.165) is 13.0 Å². The first kappa shape index (κ1) is 13.8. The van der Waals surface area contributed by atoms with Gasteiger partial charge in [0.1, 0.15) is 0 Å². The Morgan fingerprint density at radius 3 is 2.62 bits per heavy atom. The summed E-state index contributed by atoms with van der Waals surface area (Å²) in [6.07, 6.45) is -4.03. The molecule has 1 aliphatic heterocycles. The van der Waals surface area contributed by atoms with Gasteiger partial charge in [0.15, 0.2) is 0 Å². The Bertz CT molecular complexity index is 207. The Morgan fingerprint density at radius 1 is 1.38 bits per heavy atom. The number of piperidine rings is 1. The highest BCUT2D eigenvalue weighted by Crippen LogP contribution is 2.23. The summed E-state index contributed by atoms with van der Waals surface area (Å²) >= 11 is 0. The van der Waals surface area contributed by atoms with E-state index in [0.29, 0.717) is 6.67 Å². The minimum Gasteiger partial charge on any atom is -0.390 e. The molecule has 4 nitrogen and oxygen atoms in total. The summed E-state index contributed by atoms with van der Waals surface area (Å²) in [5, 5.41) is 22.0. The van der Waals surface area contributed by atoms with Gasteiger partial charge in [-0.25, -0.2) is 8.78 Å². The van der Waals surface area contributed by atoms with Gasteiger partial charge in [-0.3, -0.25) is 4.90 Å². The van der Waals surface area contributed by atoms with Gasteiger partial charge in [0.2, 0.25) is 6.43 Å². The summed E-state index contributed by atoms with van der Waals surface area (Å²) in [4.78, 5) is 1.71. The Balaban J connectivity index is 2.43. The zero-order valence-corrected chi connectivity index (χ0v) is 9.44. The summed E-state index contributed by atoms with van der Waals surface area (Å²) in [5.41, 5.74) is 0. The minimum absolute atomic E-state index is 0.118. The van der Waals surface area contributed by atoms with E-state index in [2.05, 4.69) is 5.32 Å². The van der Waals surface area contributed by atoms with Crippen LogP contribution in [0.4, 0.5) is 8.78 Å². The van der Waals surface area contributed by atoms with E-state index in [1.165, 1.54) is 0 Å². The molecule has 0 radical (unpaired) electrons. The van der Waals surface area contributed by atoms with Crippen LogP contribution in [0.5, 0.6) is 0 Å². The van der Waals surface area contributed by atoms with Crippen molar-refractivity contribution in [3.8, 4) is 0 Å². The molecule has 1 fully saturated rings. The topological polar surface area (TPSA) is 55.7 Å². The summed E-state index contributed by atoms with van der Waals surface area (Å²) in [7, 11) is 0. The van der Waals surface area contributed by atoms with Gasteiger partial charge in [-0.2, -0.15) is 0 Å². The number of nitrogens with one attached hydrogen (secondary N) is 1. The quantitative estimate of drug-likeness (QED) is 0.584. The van der Waals surface area contributed by atoms with Crippen LogP contribution in [-0.2, 0) is 0 Å². The molecule has 1 rings (SSSR count). The summed E-state index contributed by atoms with van der Waals surface area (Å²) in [5.74, 6) is -1.16. The average Bonchev–Trinajstić information content (AvgIpc) is 2.23. The molecule has 0 spiro atoms. The molecule has 1 saturated heterocycles. The molecule has 0 unspecified atom stereocenters. The van der Waals surface area contributed by atoms with Crippen molar-refractivity contribution in [1.82, 2.24) is 10.2 Å². The van der Waals surface area contributed by atoms with Crippen LogP contribution in [0.1, 0.15) is 13.3 Å². The van der Waals surface area contributed by atoms with Gasteiger partial charge in [-0.05, 0) is 13.0 Å². The normalized spacial score (nSPS) is 32.2. The highest BCUT2D eigenvalue weighted by atomic mass is 19.3. The number of hydrogen-bond acceptors (Lipinski definition) is 4. The molecule has 16 heavy (non-hydrogen) atoms. The van der Waals surface area contributed by atoms with Crippen LogP contribution >= 0.6 is 0 Å². The predicted octanol–water partition coefficient (Wildman–Crippen LogP) is -0.138. The maximum Gasteiger partial charge on any atom is 0.245 e. The summed E-state index contributed by atoms with van der Waals surface area (Å²) < 4.78 is 25.2. The molecule has 6 heteroatoms. The van der Waals surface area contributed by atoms with Gasteiger partial charge in [0, 0.05) is 19.8 Å². The number of rotatable bonds is 5. The molecule has 1 heterocycles. The predicted molar refractivity (Wildman–Crippen MR) is 56.2 cm³/mol. The van der Waals surface area contributed by atoms with Crippen molar-refractivity contribution in [2.24, 2.45) is 5.92 Å². The lowest BCUT2D eigenvalue weighted by atomic mass is 9.93. The molecule has 0 amide bonds. The largest absolute Gasteiger partial charge is 0.390 e. The number of β-amino-alcohol motifs (C(OH)–C–C–N with tert-alkyl or cyclic N) is 1. The number of aliphatic hydroxyl groups is 2. The van der Waals surface area contributed by atoms with Gasteiger partial charge < -0.3 is 15.5 Å². The highest BCUT2D eigenvalue weighted by Gasteiger charge is 2.39. The van der Waals surface area contributed by atoms with Crippen LogP contribution in [0.2, 0.25) is 0 Å². The van der Waals surface area contributed by atoms with Gasteiger partial charge in [0.25, 0.3) is 0 Å². The first-order valence-corrected chi connectivity index (χ1v) is 5.63. The molecule has 0 aliphatic carbocycles. The standard InChI is InChI=1S/C10H20F2N2O2/c1-2-3-13-6-14-4-7(10(11)12)9(16)8(15)5-14/h7-10,13,15-16H,2-6H2,1H3/t7-,8+,9+/m0/s1. The Morgan fingerprint density at radius 2 is 2.06 bits per heavy atom. The molecular weight excluding hydrogens is 218 g/mol. The maximum absolute atomic E-state index is 12.6. The first-order chi connectivity index (χ1) is 7.56. The lowest BCUT2D eigenvalue weighted by Crippen LogP contribution is -2.56. The zero-order valence-electron chi connectivity index (χ0n) is 9.44. The fourth-order valence-corrected chi connectivity index (χ4v) is 1.91. The first-order valence-electron chi connectivity index (χ1n) is 5.63. The van der Waals surface area contributed by atoms with Gasteiger partial charge >= 0.3 is 0 Å². The Kier molecular flexibility index (Phi) is 5.54. The highest BCUT2D eigenvalue weighted by molar-refractivity contribution is 4.87. The van der Waals surface area contributed by atoms with Crippen molar-refractivity contribution in [3.05, 3.63) is 0 Å². The van der Waals surface area contributed by atoms with Crippen LogP contribution in [0.15, 0.2) is 0 Å². The SMILES string of the molecule is CCCNCN1C[C@@H](O)[C@H](O)[C@@H](C(F)F)C1. The lowest BCUT2D eigenvalue weighted by Gasteiger charge is -2.38. The molecule has 0 saturated carbocycles. The number of nitrogens with zero attached hydrogens (tertiary/aromatic N) is 1. The van der Waals surface area contributed by atoms with Crippen LogP contribution < -0.4 is 5.32 Å². The second-order valence-corrected chi connectivity index (χ2v) is 4.25. The van der Waals surface area contributed by atoms with E-state index in [4.69, 9.17) is 0 Å². The van der Waals surface area contributed by atoms with Crippen molar-refractivity contribution >= 4 is 0 Å². The smallest absolute Gasteiger partial charge is 0.245 e. The minimum atomic E-state index is -2.60. The molecule has 0 aromatic rings. The zero-order chi connectivity index (χ0) is 12.1. The van der Waals surface area contributed by atoms with E-state index in [1.807, 2.05) is 6.92 Å². The fourth-order valence-electron chi connectivity index (χ4n) is 1.91. The summed E-state index contributed by atoms with van der Waals surface area (Å²) in [6.45, 7) is 3.66. The summed E-state index contributed by atoms with van der Waals surface area (Å²) in [6, 6.07) is 0. The Hall–Kier alpha value is -0.300. The van der Waals surface area contributed by atoms with Crippen molar-refractivity contribution in [3.63, 3.8) is 0 Å². The monoisotopic (exact) mass is 238 g/mol. The molecule has 1 aliphatic rings. The number of likely N-dealkylation sites (tertiary alicyclic amines) is 1. The second kappa shape index (κ2) is 6.44. The van der Waals surface area contributed by atoms with E-state index in [-0.39, 0.29) is 13.1 Å². The number of hydrogen-bond donors (Lipinski definition) is 3. The second-order valence-electron chi connectivity index (χ2n) is 4.25. The van der Waals surface area contributed by atoms with E-state index < -0.39 is 24.6 Å². The van der Waals surface area contributed by atoms with Crippen LogP contribution in [-0.4, -0.2) is 60.0 Å². The van der Waals surface area contributed by atoms with Gasteiger partial charge in [-0.1, -0.05) is 6.92 Å². The van der Waals surface area contributed by atoms with E-state index >= 15 is 0 Å². The maximum atomic E-state index is 12.6. The third-order valence-electron chi connectivity index (χ3n) is 2.83. The van der Waals surface area contributed by atoms with Gasteiger partial charge in [0.05, 0.1) is 18.1 Å². The fraction of sp³-hybridized carbons (Fsp3) is 1.00. The van der Waals surface area contributed by atoms with Crippen LogP contribution in [0, 0.1) is 5.92 Å². The van der Waals surface area contributed by atoms with Crippen molar-refractivity contribution in [2.75, 3.05) is 26.3 Å². The Labute approximate surface area is 94.2 Å². The van der Waals surface area contributed by atoms with Crippen LogP contribution in [0.25, 0.3) is 0 Å². The third-order valence-corrected chi connectivity index (χ3v) is 2.83. The number of aliphatic hydroxyl groups excluding tert-OH is 2. The molecule has 3 atom stereocenters. The van der Waals surface area contributed by atoms with Crippen LogP contribution in [0.3, 0.4) is 0 Å². The molecule has 0 aromatic heterocycles. The van der Waals surface area contributed by atoms with E-state index in [1.54, 1.807) is 4.90 Å². The molecule has 3 N–H and O–H groups in total. The van der Waals surface area contributed by atoms with Gasteiger partial charge in [-0.15, -0.1) is 0 Å². The molecule has 96 valence electrons. The average molecular weight is 238 g/mol.